The summed E-state index contributed by atoms with van der Waals surface area (Å²) in [5.41, 5.74) is 5.87. The number of imide groups is 1. The summed E-state index contributed by atoms with van der Waals surface area (Å²) in [5.74, 6) is -0.837. The molecule has 0 saturated carbocycles. The molecule has 5 nitrogen and oxygen atoms in total. The Morgan fingerprint density at radius 1 is 1.42 bits per heavy atom. The molecule has 1 aromatic rings. The van der Waals surface area contributed by atoms with Crippen LogP contribution >= 0.6 is 11.8 Å². The molecule has 1 rings (SSSR count). The Kier molecular flexibility index (Phi) is 5.62. The number of nitrogens with one attached hydrogen (secondary N) is 2. The van der Waals surface area contributed by atoms with Gasteiger partial charge in [0.15, 0.2) is 0 Å². The molecule has 0 aliphatic rings. The molecule has 7 heteroatoms. The minimum atomic E-state index is -0.535. The standard InChI is InChI=1S/C12H16FN3O2S/c1-7(2)15-12(18)16-11(17)6-19-10-4-3-8(13)5-9(10)14/h3-5,7H,6,14H2,1-2H3,(H2,15,16,17,18). The molecule has 0 spiro atoms. The molecule has 1 aromatic carbocycles. The number of thioether (sulfide) groups is 1. The van der Waals surface area contributed by atoms with E-state index in [0.717, 1.165) is 11.8 Å². The molecule has 0 bridgehead atoms. The molecule has 4 N–H and O–H groups in total. The van der Waals surface area contributed by atoms with Gasteiger partial charge in [0.05, 0.1) is 5.75 Å². The van der Waals surface area contributed by atoms with Gasteiger partial charge in [0.25, 0.3) is 0 Å². The second kappa shape index (κ2) is 6.98. The summed E-state index contributed by atoms with van der Waals surface area (Å²) >= 11 is 1.14. The molecule has 0 heterocycles. The molecule has 19 heavy (non-hydrogen) atoms. The predicted molar refractivity (Wildman–Crippen MR) is 73.3 cm³/mol. The van der Waals surface area contributed by atoms with Crippen molar-refractivity contribution in [1.82, 2.24) is 10.6 Å². The number of nitrogens with two attached hydrogens (primary N) is 1. The molecule has 104 valence electrons. The lowest BCUT2D eigenvalue weighted by Crippen LogP contribution is -2.43. The van der Waals surface area contributed by atoms with Gasteiger partial charge < -0.3 is 11.1 Å². The highest BCUT2D eigenvalue weighted by atomic mass is 32.2. The van der Waals surface area contributed by atoms with E-state index in [9.17, 15) is 14.0 Å². The third-order valence-electron chi connectivity index (χ3n) is 2.00. The van der Waals surface area contributed by atoms with Crippen LogP contribution in [-0.2, 0) is 4.79 Å². The number of carbonyl (C=O) groups is 2. The Morgan fingerprint density at radius 3 is 2.68 bits per heavy atom. The number of carbonyl (C=O) groups excluding carboxylic acids is 2. The van der Waals surface area contributed by atoms with Crippen molar-refractivity contribution in [2.45, 2.75) is 24.8 Å². The third kappa shape index (κ3) is 5.60. The van der Waals surface area contributed by atoms with E-state index in [1.54, 1.807) is 13.8 Å². The highest BCUT2D eigenvalue weighted by molar-refractivity contribution is 8.00. The summed E-state index contributed by atoms with van der Waals surface area (Å²) in [6, 6.07) is 3.37. The molecular weight excluding hydrogens is 269 g/mol. The largest absolute Gasteiger partial charge is 0.398 e. The number of rotatable bonds is 4. The van der Waals surface area contributed by atoms with Crippen LogP contribution in [0.3, 0.4) is 0 Å². The minimum absolute atomic E-state index is 0.0291. The average molecular weight is 285 g/mol. The molecule has 3 amide bonds. The van der Waals surface area contributed by atoms with Gasteiger partial charge in [0.1, 0.15) is 5.82 Å². The highest BCUT2D eigenvalue weighted by Crippen LogP contribution is 2.25. The van der Waals surface area contributed by atoms with Gasteiger partial charge in [-0.25, -0.2) is 9.18 Å². The summed E-state index contributed by atoms with van der Waals surface area (Å²) in [7, 11) is 0. The zero-order valence-electron chi connectivity index (χ0n) is 10.7. The maximum Gasteiger partial charge on any atom is 0.321 e. The topological polar surface area (TPSA) is 84.2 Å². The summed E-state index contributed by atoms with van der Waals surface area (Å²) in [6.45, 7) is 3.58. The van der Waals surface area contributed by atoms with Crippen molar-refractivity contribution in [3.63, 3.8) is 0 Å². The van der Waals surface area contributed by atoms with Crippen molar-refractivity contribution < 1.29 is 14.0 Å². The highest BCUT2D eigenvalue weighted by Gasteiger charge is 2.10. The smallest absolute Gasteiger partial charge is 0.321 e. The summed E-state index contributed by atoms with van der Waals surface area (Å²) in [6.07, 6.45) is 0. The zero-order valence-corrected chi connectivity index (χ0v) is 11.5. The van der Waals surface area contributed by atoms with E-state index in [0.29, 0.717) is 4.90 Å². The first-order chi connectivity index (χ1) is 8.88. The Labute approximate surface area is 115 Å². The first kappa shape index (κ1) is 15.3. The van der Waals surface area contributed by atoms with Gasteiger partial charge in [0, 0.05) is 16.6 Å². The van der Waals surface area contributed by atoms with Crippen molar-refractivity contribution in [2.24, 2.45) is 0 Å². The lowest BCUT2D eigenvalue weighted by atomic mass is 10.3. The molecule has 0 fully saturated rings. The number of hydrogen-bond donors (Lipinski definition) is 3. The van der Waals surface area contributed by atoms with Gasteiger partial charge in [0.2, 0.25) is 5.91 Å². The maximum absolute atomic E-state index is 12.8. The van der Waals surface area contributed by atoms with Crippen LogP contribution in [0, 0.1) is 5.82 Å². The zero-order chi connectivity index (χ0) is 14.4. The number of urea groups is 1. The number of benzene rings is 1. The van der Waals surface area contributed by atoms with Gasteiger partial charge in [-0.3, -0.25) is 10.1 Å². The van der Waals surface area contributed by atoms with Crippen LogP contribution < -0.4 is 16.4 Å². The monoisotopic (exact) mass is 285 g/mol. The van der Waals surface area contributed by atoms with Crippen molar-refractivity contribution in [3.05, 3.63) is 24.0 Å². The Hall–Kier alpha value is -1.76. The number of nitrogen functional groups attached to an aromatic ring is 1. The second-order valence-corrected chi connectivity index (χ2v) is 5.16. The second-order valence-electron chi connectivity index (χ2n) is 4.15. The lowest BCUT2D eigenvalue weighted by molar-refractivity contribution is -0.117. The maximum atomic E-state index is 12.8. The fourth-order valence-corrected chi connectivity index (χ4v) is 2.00. The van der Waals surface area contributed by atoms with E-state index in [1.807, 2.05) is 0 Å². The number of halogens is 1. The normalized spacial score (nSPS) is 10.3. The van der Waals surface area contributed by atoms with E-state index in [2.05, 4.69) is 10.6 Å². The minimum Gasteiger partial charge on any atom is -0.398 e. The fraction of sp³-hybridized carbons (Fsp3) is 0.333. The average Bonchev–Trinajstić information content (AvgIpc) is 2.26. The summed E-state index contributed by atoms with van der Waals surface area (Å²) in [5, 5.41) is 4.72. The van der Waals surface area contributed by atoms with Crippen molar-refractivity contribution in [1.29, 1.82) is 0 Å². The van der Waals surface area contributed by atoms with Crippen LogP contribution in [0.2, 0.25) is 0 Å². The number of hydrogen-bond acceptors (Lipinski definition) is 4. The van der Waals surface area contributed by atoms with Crippen molar-refractivity contribution in [2.75, 3.05) is 11.5 Å². The number of amides is 3. The van der Waals surface area contributed by atoms with Gasteiger partial charge >= 0.3 is 6.03 Å². The quantitative estimate of drug-likeness (QED) is 0.581. The van der Waals surface area contributed by atoms with Crippen LogP contribution in [0.15, 0.2) is 23.1 Å². The fourth-order valence-electron chi connectivity index (χ4n) is 1.26. The van der Waals surface area contributed by atoms with E-state index >= 15 is 0 Å². The molecule has 0 radical (unpaired) electrons. The van der Waals surface area contributed by atoms with Crippen LogP contribution in [-0.4, -0.2) is 23.7 Å². The summed E-state index contributed by atoms with van der Waals surface area (Å²) in [4.78, 5) is 23.3. The molecule has 0 aliphatic carbocycles. The molecule has 0 aromatic heterocycles. The predicted octanol–water partition coefficient (Wildman–Crippen LogP) is 1.73. The van der Waals surface area contributed by atoms with Gasteiger partial charge in [-0.1, -0.05) is 0 Å². The van der Waals surface area contributed by atoms with Crippen molar-refractivity contribution >= 4 is 29.4 Å². The third-order valence-corrected chi connectivity index (χ3v) is 3.09. The van der Waals surface area contributed by atoms with E-state index in [1.165, 1.54) is 18.2 Å². The van der Waals surface area contributed by atoms with Crippen LogP contribution in [0.5, 0.6) is 0 Å². The molecule has 0 saturated heterocycles. The molecular formula is C12H16FN3O2S. The van der Waals surface area contributed by atoms with Gasteiger partial charge in [-0.05, 0) is 32.0 Å². The van der Waals surface area contributed by atoms with E-state index in [4.69, 9.17) is 5.73 Å². The van der Waals surface area contributed by atoms with Gasteiger partial charge in [-0.15, -0.1) is 11.8 Å². The van der Waals surface area contributed by atoms with Crippen LogP contribution in [0.4, 0.5) is 14.9 Å². The molecule has 0 unspecified atom stereocenters. The van der Waals surface area contributed by atoms with Gasteiger partial charge in [-0.2, -0.15) is 0 Å². The number of anilines is 1. The van der Waals surface area contributed by atoms with E-state index in [-0.39, 0.29) is 17.5 Å². The SMILES string of the molecule is CC(C)NC(=O)NC(=O)CSc1ccc(F)cc1N. The first-order valence-corrected chi connectivity index (χ1v) is 6.65. The lowest BCUT2D eigenvalue weighted by Gasteiger charge is -2.09. The van der Waals surface area contributed by atoms with Crippen molar-refractivity contribution in [3.8, 4) is 0 Å². The van der Waals surface area contributed by atoms with Crippen LogP contribution in [0.25, 0.3) is 0 Å². The molecule has 0 atom stereocenters. The summed E-state index contributed by atoms with van der Waals surface area (Å²) < 4.78 is 12.8. The molecule has 0 aliphatic heterocycles. The van der Waals surface area contributed by atoms with E-state index < -0.39 is 17.8 Å². The van der Waals surface area contributed by atoms with Crippen LogP contribution in [0.1, 0.15) is 13.8 Å². The Bertz CT molecular complexity index is 480. The Morgan fingerprint density at radius 2 is 2.11 bits per heavy atom. The Balaban J connectivity index is 2.44. The first-order valence-electron chi connectivity index (χ1n) is 5.66.